The summed E-state index contributed by atoms with van der Waals surface area (Å²) in [7, 11) is -0.731. The van der Waals surface area contributed by atoms with Crippen molar-refractivity contribution in [2.75, 3.05) is 19.8 Å². The topological polar surface area (TPSA) is 49.4 Å². The second-order valence-electron chi connectivity index (χ2n) is 14.8. The van der Waals surface area contributed by atoms with E-state index in [0.29, 0.717) is 27.9 Å². The van der Waals surface area contributed by atoms with Gasteiger partial charge < -0.3 is 23.0 Å². The molecule has 202 valence electrons. The van der Waals surface area contributed by atoms with Crippen LogP contribution in [0.3, 0.4) is 0 Å². The smallest absolute Gasteiger partial charge is 0.272 e. The van der Waals surface area contributed by atoms with Crippen molar-refractivity contribution >= 4 is 17.3 Å². The molecule has 36 heavy (non-hydrogen) atoms. The first-order valence-corrected chi connectivity index (χ1v) is 17.0. The Labute approximate surface area is 220 Å². The van der Waals surface area contributed by atoms with E-state index in [4.69, 9.17) is 23.0 Å². The zero-order valence-electron chi connectivity index (χ0n) is 22.2. The normalized spacial score (nSPS) is 56.1. The lowest BCUT2D eigenvalue weighted by Crippen LogP contribution is -2.58. The highest BCUT2D eigenvalue weighted by Gasteiger charge is 2.59. The molecule has 10 rings (SSSR count). The molecule has 10 fully saturated rings. The van der Waals surface area contributed by atoms with Crippen molar-refractivity contribution in [3.63, 3.8) is 0 Å². The van der Waals surface area contributed by atoms with Crippen molar-refractivity contribution < 1.29 is 23.0 Å². The predicted molar refractivity (Wildman–Crippen MR) is 140 cm³/mol. The van der Waals surface area contributed by atoms with E-state index in [1.165, 1.54) is 77.0 Å². The van der Waals surface area contributed by atoms with Crippen LogP contribution < -0.4 is 0 Å². The van der Waals surface area contributed by atoms with Gasteiger partial charge in [-0.3, -0.25) is 0 Å². The van der Waals surface area contributed by atoms with Crippen LogP contribution in [0.15, 0.2) is 0 Å². The van der Waals surface area contributed by atoms with Gasteiger partial charge in [-0.15, -0.1) is 0 Å². The van der Waals surface area contributed by atoms with Gasteiger partial charge in [0, 0.05) is 6.54 Å². The second kappa shape index (κ2) is 8.81. The van der Waals surface area contributed by atoms with Crippen LogP contribution in [0.2, 0.25) is 0 Å². The third kappa shape index (κ3) is 4.19. The van der Waals surface area contributed by atoms with Gasteiger partial charge in [-0.05, 0) is 118 Å². The number of hydrogen-bond donors (Lipinski definition) is 0. The van der Waals surface area contributed by atoms with Crippen LogP contribution in [-0.4, -0.2) is 47.4 Å². The summed E-state index contributed by atoms with van der Waals surface area (Å²) in [5, 5.41) is -0.223. The summed E-state index contributed by atoms with van der Waals surface area (Å²) in [6, 6.07) is 0. The number of nitrogens with zero attached hydrogens (tertiary/aromatic N) is 1. The maximum absolute atomic E-state index is 7.10. The summed E-state index contributed by atoms with van der Waals surface area (Å²) >= 11 is 0. The molecule has 8 heteroatoms. The van der Waals surface area contributed by atoms with Crippen molar-refractivity contribution in [2.45, 2.75) is 114 Å². The summed E-state index contributed by atoms with van der Waals surface area (Å²) in [6.45, 7) is 6.30. The minimum absolute atomic E-state index is 0.00420. The molecule has 0 N–H and O–H groups in total. The molecular weight excluding hydrogens is 492 g/mol. The first-order valence-electron chi connectivity index (χ1n) is 15.0. The number of ether oxygens (including phenoxy) is 3. The Bertz CT molecular complexity index is 790. The lowest BCUT2D eigenvalue weighted by Gasteiger charge is -2.57. The minimum atomic E-state index is -1.07. The third-order valence-electron chi connectivity index (χ3n) is 11.0. The molecule has 2 heterocycles. The van der Waals surface area contributed by atoms with Gasteiger partial charge in [-0.2, -0.15) is 0 Å². The first-order chi connectivity index (χ1) is 17.4. The molecule has 0 aromatic heterocycles. The molecule has 0 radical (unpaired) electrons. The average Bonchev–Trinajstić information content (AvgIpc) is 3.09. The number of hydrogen-bond acceptors (Lipinski definition) is 6. The molecule has 2 atom stereocenters. The van der Waals surface area contributed by atoms with E-state index in [1.807, 2.05) is 0 Å². The zero-order valence-corrected chi connectivity index (χ0v) is 24.1. The van der Waals surface area contributed by atoms with Crippen LogP contribution >= 0.6 is 17.3 Å². The Kier molecular flexibility index (Phi) is 5.97. The van der Waals surface area contributed by atoms with Crippen molar-refractivity contribution in [2.24, 2.45) is 41.4 Å². The van der Waals surface area contributed by atoms with Gasteiger partial charge in [0.15, 0.2) is 0 Å². The van der Waals surface area contributed by atoms with Crippen LogP contribution in [0.1, 0.15) is 90.9 Å². The summed E-state index contributed by atoms with van der Waals surface area (Å²) in [4.78, 5) is 0. The Hall–Kier alpha value is 0.620. The highest BCUT2D eigenvalue weighted by atomic mass is 31.2. The molecule has 8 aliphatic carbocycles. The molecule has 8 bridgehead atoms. The molecule has 2 saturated heterocycles. The van der Waals surface area contributed by atoms with E-state index in [2.05, 4.69) is 18.5 Å². The fourth-order valence-electron chi connectivity index (χ4n) is 10.5. The molecular formula is C28H45NO5P2. The molecule has 2 aliphatic heterocycles. The van der Waals surface area contributed by atoms with Crippen molar-refractivity contribution in [3.8, 4) is 0 Å². The predicted octanol–water partition coefficient (Wildman–Crippen LogP) is 6.79. The second-order valence-corrected chi connectivity index (χ2v) is 17.8. The maximum Gasteiger partial charge on any atom is 0.272 e. The highest BCUT2D eigenvalue weighted by Crippen LogP contribution is 2.70. The van der Waals surface area contributed by atoms with Crippen molar-refractivity contribution in [3.05, 3.63) is 0 Å². The molecule has 2 unspecified atom stereocenters. The van der Waals surface area contributed by atoms with Crippen LogP contribution in [0, 0.1) is 41.4 Å². The van der Waals surface area contributed by atoms with Gasteiger partial charge in [0.05, 0.1) is 33.2 Å². The molecule has 1 spiro atoms. The van der Waals surface area contributed by atoms with Gasteiger partial charge in [0.1, 0.15) is 5.28 Å². The van der Waals surface area contributed by atoms with Crippen LogP contribution in [0.25, 0.3) is 0 Å². The Balaban J connectivity index is 0.951. The van der Waals surface area contributed by atoms with Gasteiger partial charge in [0.2, 0.25) is 0 Å². The Morgan fingerprint density at radius 2 is 1.25 bits per heavy atom. The minimum Gasteiger partial charge on any atom is -0.327 e. The third-order valence-corrected chi connectivity index (χ3v) is 14.6. The van der Waals surface area contributed by atoms with E-state index >= 15 is 0 Å². The SMILES string of the molecule is CC(C)CN1P(OC23CC4CC(CC(C4)C2)C3)OPC12COC(OC13CC4CC(CC(C4)C1)C3)OC2. The van der Waals surface area contributed by atoms with E-state index < -0.39 is 15.0 Å². The quantitative estimate of drug-likeness (QED) is 0.348. The molecule has 0 amide bonds. The lowest BCUT2D eigenvalue weighted by molar-refractivity contribution is -0.371. The standard InChI is InChI=1S/C28H45NO5P2/c1-18(2)15-29-28(35-34-36(29)33-27-12-22-6-23(13-27)8-24(7-22)14-27)16-30-25(31-17-28)32-26-9-19-3-20(10-26)5-21(4-19)11-26/h18-25,35H,3-17H2,1-2H3. The first kappa shape index (κ1) is 24.4. The van der Waals surface area contributed by atoms with Gasteiger partial charge in [-0.25, -0.2) is 4.67 Å². The van der Waals surface area contributed by atoms with E-state index in [9.17, 15) is 0 Å². The van der Waals surface area contributed by atoms with E-state index in [0.717, 1.165) is 42.1 Å². The summed E-state index contributed by atoms with van der Waals surface area (Å²) < 4.78 is 35.7. The molecule has 0 aromatic rings. The zero-order chi connectivity index (χ0) is 24.1. The van der Waals surface area contributed by atoms with Crippen LogP contribution in [-0.2, 0) is 23.0 Å². The van der Waals surface area contributed by atoms with Gasteiger partial charge in [-0.1, -0.05) is 13.8 Å². The Morgan fingerprint density at radius 1 is 0.778 bits per heavy atom. The number of rotatable bonds is 6. The summed E-state index contributed by atoms with van der Waals surface area (Å²) in [5.41, 5.74) is 0.0659. The monoisotopic (exact) mass is 537 g/mol. The fraction of sp³-hybridized carbons (Fsp3) is 1.00. The maximum atomic E-state index is 7.10. The molecule has 0 aromatic carbocycles. The van der Waals surface area contributed by atoms with Crippen LogP contribution in [0.4, 0.5) is 0 Å². The van der Waals surface area contributed by atoms with Crippen molar-refractivity contribution in [1.29, 1.82) is 0 Å². The van der Waals surface area contributed by atoms with Gasteiger partial charge in [0.25, 0.3) is 15.0 Å². The van der Waals surface area contributed by atoms with E-state index in [1.54, 1.807) is 0 Å². The lowest BCUT2D eigenvalue weighted by atomic mass is 9.54. The summed E-state index contributed by atoms with van der Waals surface area (Å²) in [5.74, 6) is 5.78. The van der Waals surface area contributed by atoms with Crippen molar-refractivity contribution in [1.82, 2.24) is 4.67 Å². The molecule has 6 nitrogen and oxygen atoms in total. The largest absolute Gasteiger partial charge is 0.327 e. The van der Waals surface area contributed by atoms with E-state index in [-0.39, 0.29) is 16.5 Å². The average molecular weight is 538 g/mol. The Morgan fingerprint density at radius 3 is 1.72 bits per heavy atom. The summed E-state index contributed by atoms with van der Waals surface area (Å²) in [6.07, 6.45) is 16.0. The van der Waals surface area contributed by atoms with Gasteiger partial charge >= 0.3 is 0 Å². The van der Waals surface area contributed by atoms with Crippen LogP contribution in [0.5, 0.6) is 0 Å². The highest BCUT2D eigenvalue weighted by molar-refractivity contribution is 7.57. The molecule has 10 aliphatic rings. The fourth-order valence-corrected chi connectivity index (χ4v) is 14.4. The molecule has 8 saturated carbocycles.